The van der Waals surface area contributed by atoms with Gasteiger partial charge in [-0.05, 0) is 29.5 Å². The number of H-pyrrole nitrogens is 1. The molecule has 210 valence electrons. The summed E-state index contributed by atoms with van der Waals surface area (Å²) in [5.41, 5.74) is 1.82. The number of aromatic amines is 1. The van der Waals surface area contributed by atoms with Crippen LogP contribution in [0.15, 0.2) is 36.8 Å². The first-order valence-corrected chi connectivity index (χ1v) is 13.3. The number of likely N-dealkylation sites (N-methyl/N-ethyl adjacent to an activating group) is 1. The number of likely N-dealkylation sites (tertiary alicyclic amines) is 2. The van der Waals surface area contributed by atoms with Crippen LogP contribution in [0.3, 0.4) is 0 Å². The average Bonchev–Trinajstić information content (AvgIpc) is 3.58. The molecule has 40 heavy (non-hydrogen) atoms. The Bertz CT molecular complexity index is 1460. The molecule has 4 amide bonds. The normalized spacial score (nSPS) is 20.2. The number of rotatable bonds is 7. The van der Waals surface area contributed by atoms with E-state index in [4.69, 9.17) is 16.3 Å². The number of methoxy groups -OCH3 is 1. The van der Waals surface area contributed by atoms with E-state index in [0.29, 0.717) is 24.7 Å². The summed E-state index contributed by atoms with van der Waals surface area (Å²) in [7, 11) is 2.94. The minimum atomic E-state index is -0.594. The van der Waals surface area contributed by atoms with Crippen molar-refractivity contribution in [1.29, 1.82) is 0 Å². The van der Waals surface area contributed by atoms with Crippen molar-refractivity contribution in [2.75, 3.05) is 46.9 Å². The molecular formula is C27H30ClN7O5. The number of carbonyl (C=O) groups is 4. The SMILES string of the molecule is CNC(=O)CNC(=O)C1CN(C(=O)Cc2c[nH]c3cc(Cl)ccc23)CC2CN(C(=O)c3cncc(OC)n3)CC21. The lowest BCUT2D eigenvalue weighted by Gasteiger charge is -2.39. The van der Waals surface area contributed by atoms with Crippen LogP contribution in [-0.2, 0) is 20.8 Å². The van der Waals surface area contributed by atoms with Gasteiger partial charge in [-0.1, -0.05) is 17.7 Å². The first-order chi connectivity index (χ1) is 19.3. The third-order valence-electron chi connectivity index (χ3n) is 7.67. The van der Waals surface area contributed by atoms with E-state index in [2.05, 4.69) is 25.6 Å². The molecular weight excluding hydrogens is 538 g/mol. The van der Waals surface area contributed by atoms with Crippen molar-refractivity contribution in [3.8, 4) is 5.88 Å². The van der Waals surface area contributed by atoms with Gasteiger partial charge in [0, 0.05) is 55.3 Å². The number of nitrogens with one attached hydrogen (secondary N) is 3. The third-order valence-corrected chi connectivity index (χ3v) is 7.91. The Kier molecular flexibility index (Phi) is 7.88. The summed E-state index contributed by atoms with van der Waals surface area (Å²) in [6.07, 6.45) is 4.74. The van der Waals surface area contributed by atoms with E-state index in [1.165, 1.54) is 26.6 Å². The van der Waals surface area contributed by atoms with Gasteiger partial charge in [0.05, 0.1) is 38.4 Å². The second kappa shape index (κ2) is 11.5. The van der Waals surface area contributed by atoms with E-state index in [0.717, 1.165) is 16.5 Å². The van der Waals surface area contributed by atoms with Crippen molar-refractivity contribution >= 4 is 46.1 Å². The highest BCUT2D eigenvalue weighted by Gasteiger charge is 2.48. The molecule has 5 rings (SSSR count). The summed E-state index contributed by atoms with van der Waals surface area (Å²) in [6, 6.07) is 5.46. The maximum Gasteiger partial charge on any atom is 0.274 e. The molecule has 0 aliphatic carbocycles. The molecule has 2 aliphatic rings. The highest BCUT2D eigenvalue weighted by molar-refractivity contribution is 6.31. The second-order valence-corrected chi connectivity index (χ2v) is 10.5. The number of carbonyl (C=O) groups excluding carboxylic acids is 4. The summed E-state index contributed by atoms with van der Waals surface area (Å²) in [4.78, 5) is 66.6. The molecule has 12 nitrogen and oxygen atoms in total. The Morgan fingerprint density at radius 1 is 1.12 bits per heavy atom. The van der Waals surface area contributed by atoms with E-state index in [1.807, 2.05) is 6.07 Å². The number of nitrogens with zero attached hydrogens (tertiary/aromatic N) is 4. The molecule has 3 atom stereocenters. The molecule has 13 heteroatoms. The number of halogens is 1. The van der Waals surface area contributed by atoms with E-state index in [9.17, 15) is 19.2 Å². The number of piperidine rings is 1. The molecule has 0 spiro atoms. The standard InChI is InChI=1S/C27H30ClN7O5/c1-29-23(36)9-32-26(38)20-14-34(25(37)5-15-7-31-21-6-17(28)3-4-18(15)21)11-16-12-35(13-19(16)20)27(39)22-8-30-10-24(33-22)40-2/h3-4,6-8,10,16,19-20,31H,5,9,11-14H2,1-2H3,(H,29,36)(H,32,38). The zero-order valence-corrected chi connectivity index (χ0v) is 22.9. The highest BCUT2D eigenvalue weighted by Crippen LogP contribution is 2.36. The second-order valence-electron chi connectivity index (χ2n) is 10.1. The third kappa shape index (κ3) is 5.57. The molecule has 3 N–H and O–H groups in total. The fraction of sp³-hybridized carbons (Fsp3) is 0.407. The summed E-state index contributed by atoms with van der Waals surface area (Å²) in [6.45, 7) is 1.11. The zero-order chi connectivity index (χ0) is 28.4. The van der Waals surface area contributed by atoms with Gasteiger partial charge in [-0.15, -0.1) is 0 Å². The monoisotopic (exact) mass is 567 g/mol. The van der Waals surface area contributed by atoms with Crippen LogP contribution in [0, 0.1) is 17.8 Å². The molecule has 3 aromatic rings. The number of ether oxygens (including phenoxy) is 1. The van der Waals surface area contributed by atoms with Crippen molar-refractivity contribution in [3.05, 3.63) is 53.1 Å². The zero-order valence-electron chi connectivity index (χ0n) is 22.1. The molecule has 3 unspecified atom stereocenters. The lowest BCUT2D eigenvalue weighted by Crippen LogP contribution is -2.54. The van der Waals surface area contributed by atoms with Crippen LogP contribution in [0.1, 0.15) is 16.1 Å². The number of hydrogen-bond donors (Lipinski definition) is 3. The smallest absolute Gasteiger partial charge is 0.274 e. The van der Waals surface area contributed by atoms with Gasteiger partial charge in [-0.25, -0.2) is 4.98 Å². The minimum absolute atomic E-state index is 0.123. The molecule has 2 fully saturated rings. The molecule has 2 aromatic heterocycles. The molecule has 2 aliphatic heterocycles. The Hall–Kier alpha value is -4.19. The fourth-order valence-corrected chi connectivity index (χ4v) is 5.77. The van der Waals surface area contributed by atoms with Crippen molar-refractivity contribution in [2.45, 2.75) is 6.42 Å². The topological polar surface area (TPSA) is 150 Å². The van der Waals surface area contributed by atoms with Crippen LogP contribution < -0.4 is 15.4 Å². The van der Waals surface area contributed by atoms with Gasteiger partial charge in [0.15, 0.2) is 5.69 Å². The first kappa shape index (κ1) is 27.4. The highest BCUT2D eigenvalue weighted by atomic mass is 35.5. The van der Waals surface area contributed by atoms with Crippen LogP contribution in [0.5, 0.6) is 5.88 Å². The maximum atomic E-state index is 13.5. The Labute approximate surface area is 235 Å². The number of hydrogen-bond acceptors (Lipinski definition) is 7. The van der Waals surface area contributed by atoms with E-state index in [-0.39, 0.29) is 66.5 Å². The van der Waals surface area contributed by atoms with Gasteiger partial charge < -0.3 is 30.2 Å². The predicted molar refractivity (Wildman–Crippen MR) is 146 cm³/mol. The van der Waals surface area contributed by atoms with Gasteiger partial charge in [0.2, 0.25) is 23.6 Å². The van der Waals surface area contributed by atoms with Crippen molar-refractivity contribution in [1.82, 2.24) is 35.4 Å². The van der Waals surface area contributed by atoms with Gasteiger partial charge >= 0.3 is 0 Å². The molecule has 1 aromatic carbocycles. The van der Waals surface area contributed by atoms with Crippen molar-refractivity contribution in [2.24, 2.45) is 17.8 Å². The summed E-state index contributed by atoms with van der Waals surface area (Å²) < 4.78 is 5.10. The summed E-state index contributed by atoms with van der Waals surface area (Å²) in [5, 5.41) is 6.68. The van der Waals surface area contributed by atoms with Crippen LogP contribution in [-0.4, -0.2) is 95.3 Å². The molecule has 0 bridgehead atoms. The molecule has 2 saturated heterocycles. The Morgan fingerprint density at radius 2 is 1.93 bits per heavy atom. The van der Waals surface area contributed by atoms with Crippen LogP contribution in [0.4, 0.5) is 0 Å². The van der Waals surface area contributed by atoms with Crippen molar-refractivity contribution < 1.29 is 23.9 Å². The number of benzene rings is 1. The predicted octanol–water partition coefficient (Wildman–Crippen LogP) is 0.871. The number of aromatic nitrogens is 3. The van der Waals surface area contributed by atoms with Crippen LogP contribution in [0.25, 0.3) is 10.9 Å². The van der Waals surface area contributed by atoms with Gasteiger partial charge in [-0.2, -0.15) is 0 Å². The minimum Gasteiger partial charge on any atom is -0.480 e. The van der Waals surface area contributed by atoms with Gasteiger partial charge in [-0.3, -0.25) is 24.2 Å². The van der Waals surface area contributed by atoms with Gasteiger partial charge in [0.1, 0.15) is 0 Å². The molecule has 0 radical (unpaired) electrons. The number of amides is 4. The van der Waals surface area contributed by atoms with Gasteiger partial charge in [0.25, 0.3) is 5.91 Å². The average molecular weight is 568 g/mol. The van der Waals surface area contributed by atoms with Crippen LogP contribution in [0.2, 0.25) is 5.02 Å². The lowest BCUT2D eigenvalue weighted by molar-refractivity contribution is -0.139. The Morgan fingerprint density at radius 3 is 2.70 bits per heavy atom. The maximum absolute atomic E-state index is 13.5. The first-order valence-electron chi connectivity index (χ1n) is 12.9. The summed E-state index contributed by atoms with van der Waals surface area (Å²) in [5.74, 6) is -1.78. The quantitative estimate of drug-likeness (QED) is 0.383. The lowest BCUT2D eigenvalue weighted by atomic mass is 9.79. The number of fused-ring (bicyclic) bond motifs is 2. The van der Waals surface area contributed by atoms with E-state index >= 15 is 0 Å². The fourth-order valence-electron chi connectivity index (χ4n) is 5.60. The largest absolute Gasteiger partial charge is 0.480 e. The Balaban J connectivity index is 1.35. The van der Waals surface area contributed by atoms with E-state index < -0.39 is 5.92 Å². The molecule has 0 saturated carbocycles. The van der Waals surface area contributed by atoms with E-state index in [1.54, 1.807) is 28.1 Å². The summed E-state index contributed by atoms with van der Waals surface area (Å²) >= 11 is 6.10. The van der Waals surface area contributed by atoms with Crippen molar-refractivity contribution in [3.63, 3.8) is 0 Å². The molecule has 4 heterocycles. The van der Waals surface area contributed by atoms with Crippen LogP contribution >= 0.6 is 11.6 Å².